The third-order valence-corrected chi connectivity index (χ3v) is 5.32. The fraction of sp³-hybridized carbons (Fsp3) is 0.467. The Labute approximate surface area is 132 Å². The monoisotopic (exact) mass is 319 g/mol. The third-order valence-electron chi connectivity index (χ3n) is 4.29. The molecule has 0 aliphatic carbocycles. The summed E-state index contributed by atoms with van der Waals surface area (Å²) in [5.74, 6) is -0.120. The lowest BCUT2D eigenvalue weighted by Crippen LogP contribution is -2.41. The second-order valence-corrected chi connectivity index (χ2v) is 7.05. The van der Waals surface area contributed by atoms with Crippen molar-refractivity contribution in [2.45, 2.75) is 37.8 Å². The summed E-state index contributed by atoms with van der Waals surface area (Å²) < 4.78 is 0. The van der Waals surface area contributed by atoms with Gasteiger partial charge >= 0.3 is 5.97 Å². The summed E-state index contributed by atoms with van der Waals surface area (Å²) in [7, 11) is 0. The zero-order valence-corrected chi connectivity index (χ0v) is 13.5. The maximum atomic E-state index is 12.2. The van der Waals surface area contributed by atoms with E-state index in [0.717, 1.165) is 22.8 Å². The predicted octanol–water partition coefficient (Wildman–Crippen LogP) is 1.72. The average Bonchev–Trinajstić information content (AvgIpc) is 3.02. The Hall–Kier alpha value is -1.89. The summed E-state index contributed by atoms with van der Waals surface area (Å²) in [5.41, 5.74) is 0.397. The standard InChI is InChI=1S/C15H17N3O3S/c1-7(2)15(3)14(21)17-11(18-15)10-9(13(19)20)6-8-4-5-22-12(8)16-10/h6-7H,4-5H2,1-3H3,(H,19,20)(H,17,18,21). The summed E-state index contributed by atoms with van der Waals surface area (Å²) in [6, 6.07) is 1.65. The zero-order valence-electron chi connectivity index (χ0n) is 12.6. The van der Waals surface area contributed by atoms with Gasteiger partial charge < -0.3 is 10.4 Å². The lowest BCUT2D eigenvalue weighted by molar-refractivity contribution is -0.124. The Bertz CT molecular complexity index is 714. The quantitative estimate of drug-likeness (QED) is 0.885. The van der Waals surface area contributed by atoms with E-state index in [9.17, 15) is 14.7 Å². The molecule has 0 radical (unpaired) electrons. The van der Waals surface area contributed by atoms with Crippen LogP contribution in [-0.4, -0.2) is 39.1 Å². The van der Waals surface area contributed by atoms with Crippen LogP contribution in [0.25, 0.3) is 0 Å². The van der Waals surface area contributed by atoms with Gasteiger partial charge in [-0.3, -0.25) is 4.79 Å². The molecule has 1 unspecified atom stereocenters. The Morgan fingerprint density at radius 1 is 1.50 bits per heavy atom. The van der Waals surface area contributed by atoms with Crippen molar-refractivity contribution in [3.8, 4) is 0 Å². The van der Waals surface area contributed by atoms with Crippen LogP contribution in [0.3, 0.4) is 0 Å². The van der Waals surface area contributed by atoms with Crippen LogP contribution in [-0.2, 0) is 11.2 Å². The molecule has 1 amide bonds. The van der Waals surface area contributed by atoms with E-state index in [1.54, 1.807) is 24.8 Å². The molecule has 1 aromatic heterocycles. The molecule has 1 atom stereocenters. The number of aromatic carboxylic acids is 1. The number of nitrogens with zero attached hydrogens (tertiary/aromatic N) is 2. The van der Waals surface area contributed by atoms with Gasteiger partial charge in [0.1, 0.15) is 16.3 Å². The number of rotatable bonds is 3. The highest BCUT2D eigenvalue weighted by atomic mass is 32.2. The molecule has 7 heteroatoms. The van der Waals surface area contributed by atoms with Gasteiger partial charge in [0, 0.05) is 5.75 Å². The summed E-state index contributed by atoms with van der Waals surface area (Å²) in [4.78, 5) is 32.7. The summed E-state index contributed by atoms with van der Waals surface area (Å²) >= 11 is 1.60. The van der Waals surface area contributed by atoms with Crippen molar-refractivity contribution in [2.24, 2.45) is 10.9 Å². The maximum Gasteiger partial charge on any atom is 0.338 e. The van der Waals surface area contributed by atoms with Crippen LogP contribution in [0.4, 0.5) is 0 Å². The van der Waals surface area contributed by atoms with E-state index in [2.05, 4.69) is 15.3 Å². The molecule has 0 saturated carbocycles. The van der Waals surface area contributed by atoms with E-state index in [4.69, 9.17) is 0 Å². The highest BCUT2D eigenvalue weighted by molar-refractivity contribution is 7.99. The molecule has 3 rings (SSSR count). The van der Waals surface area contributed by atoms with Gasteiger partial charge in [0.2, 0.25) is 0 Å². The van der Waals surface area contributed by atoms with Crippen LogP contribution in [0, 0.1) is 5.92 Å². The number of pyridine rings is 1. The second kappa shape index (κ2) is 5.08. The number of carboxylic acid groups (broad SMARTS) is 1. The molecule has 2 aliphatic heterocycles. The fourth-order valence-corrected chi connectivity index (χ4v) is 3.51. The molecule has 0 saturated heterocycles. The van der Waals surface area contributed by atoms with Crippen molar-refractivity contribution in [1.82, 2.24) is 10.3 Å². The topological polar surface area (TPSA) is 91.7 Å². The van der Waals surface area contributed by atoms with Crippen molar-refractivity contribution in [3.05, 3.63) is 22.9 Å². The minimum absolute atomic E-state index is 0.00193. The van der Waals surface area contributed by atoms with Crippen LogP contribution in [0.1, 0.15) is 42.4 Å². The number of fused-ring (bicyclic) bond motifs is 1. The summed E-state index contributed by atoms with van der Waals surface area (Å²) in [5, 5.41) is 13.0. The number of aryl methyl sites for hydroxylation is 1. The van der Waals surface area contributed by atoms with Crippen molar-refractivity contribution in [2.75, 3.05) is 5.75 Å². The van der Waals surface area contributed by atoms with Gasteiger partial charge in [-0.1, -0.05) is 13.8 Å². The first kappa shape index (κ1) is 15.0. The molecule has 2 aliphatic rings. The Morgan fingerprint density at radius 3 is 2.82 bits per heavy atom. The first-order valence-electron chi connectivity index (χ1n) is 7.14. The van der Waals surface area contributed by atoms with Crippen LogP contribution in [0.2, 0.25) is 0 Å². The molecule has 22 heavy (non-hydrogen) atoms. The predicted molar refractivity (Wildman–Crippen MR) is 83.5 cm³/mol. The number of hydrogen-bond donors (Lipinski definition) is 2. The van der Waals surface area contributed by atoms with Gasteiger partial charge in [0.25, 0.3) is 5.91 Å². The first-order chi connectivity index (χ1) is 10.3. The van der Waals surface area contributed by atoms with Gasteiger partial charge in [-0.05, 0) is 30.9 Å². The van der Waals surface area contributed by atoms with E-state index >= 15 is 0 Å². The first-order valence-corrected chi connectivity index (χ1v) is 8.13. The fourth-order valence-electron chi connectivity index (χ4n) is 2.49. The molecule has 3 heterocycles. The van der Waals surface area contributed by atoms with Crippen LogP contribution >= 0.6 is 11.8 Å². The van der Waals surface area contributed by atoms with Gasteiger partial charge in [-0.2, -0.15) is 0 Å². The maximum absolute atomic E-state index is 12.2. The van der Waals surface area contributed by atoms with E-state index in [1.807, 2.05) is 13.8 Å². The molecule has 0 fully saturated rings. The van der Waals surface area contributed by atoms with E-state index in [-0.39, 0.29) is 28.9 Å². The van der Waals surface area contributed by atoms with E-state index in [0.29, 0.717) is 0 Å². The molecule has 1 aromatic rings. The van der Waals surface area contributed by atoms with Crippen molar-refractivity contribution >= 4 is 29.5 Å². The van der Waals surface area contributed by atoms with Crippen molar-refractivity contribution in [1.29, 1.82) is 0 Å². The zero-order chi connectivity index (χ0) is 16.1. The molecule has 0 spiro atoms. The molecule has 2 N–H and O–H groups in total. The van der Waals surface area contributed by atoms with Crippen LogP contribution in [0.5, 0.6) is 0 Å². The third kappa shape index (κ3) is 2.20. The number of amidine groups is 1. The highest BCUT2D eigenvalue weighted by Crippen LogP contribution is 2.32. The molecular weight excluding hydrogens is 302 g/mol. The number of aliphatic imine (C=N–C) groups is 1. The Kier molecular flexibility index (Phi) is 3.47. The minimum atomic E-state index is -1.06. The Morgan fingerprint density at radius 2 is 2.23 bits per heavy atom. The number of carbonyl (C=O) groups excluding carboxylic acids is 1. The summed E-state index contributed by atoms with van der Waals surface area (Å²) in [6.07, 6.45) is 0.816. The Balaban J connectivity index is 2.13. The lowest BCUT2D eigenvalue weighted by atomic mass is 9.89. The van der Waals surface area contributed by atoms with Crippen molar-refractivity contribution < 1.29 is 14.7 Å². The molecule has 116 valence electrons. The number of amides is 1. The van der Waals surface area contributed by atoms with E-state index in [1.165, 1.54) is 0 Å². The van der Waals surface area contributed by atoms with Crippen LogP contribution < -0.4 is 5.32 Å². The number of aromatic nitrogens is 1. The molecule has 0 bridgehead atoms. The van der Waals surface area contributed by atoms with Crippen molar-refractivity contribution in [3.63, 3.8) is 0 Å². The van der Waals surface area contributed by atoms with Gasteiger partial charge in [0.05, 0.1) is 5.56 Å². The average molecular weight is 319 g/mol. The molecule has 0 aromatic carbocycles. The number of carbonyl (C=O) groups is 2. The number of thioether (sulfide) groups is 1. The van der Waals surface area contributed by atoms with Gasteiger partial charge in [-0.15, -0.1) is 11.8 Å². The number of hydrogen-bond acceptors (Lipinski definition) is 5. The van der Waals surface area contributed by atoms with Gasteiger partial charge in [0.15, 0.2) is 5.84 Å². The van der Waals surface area contributed by atoms with Gasteiger partial charge in [-0.25, -0.2) is 14.8 Å². The highest BCUT2D eigenvalue weighted by Gasteiger charge is 2.43. The normalized spacial score (nSPS) is 23.5. The second-order valence-electron chi connectivity index (χ2n) is 5.97. The minimum Gasteiger partial charge on any atom is -0.478 e. The van der Waals surface area contributed by atoms with Crippen LogP contribution in [0.15, 0.2) is 16.1 Å². The largest absolute Gasteiger partial charge is 0.478 e. The van der Waals surface area contributed by atoms with E-state index < -0.39 is 11.5 Å². The number of carboxylic acids is 1. The smallest absolute Gasteiger partial charge is 0.338 e. The molecular formula is C15H17N3O3S. The summed E-state index contributed by atoms with van der Waals surface area (Å²) in [6.45, 7) is 5.58. The SMILES string of the molecule is CC(C)C1(C)N=C(c2nc3c(cc2C(=O)O)CCS3)NC1=O. The lowest BCUT2D eigenvalue weighted by Gasteiger charge is -2.21. The number of nitrogens with one attached hydrogen (secondary N) is 1. The molecule has 6 nitrogen and oxygen atoms in total.